The lowest BCUT2D eigenvalue weighted by Gasteiger charge is -2.15. The van der Waals surface area contributed by atoms with E-state index < -0.39 is 4.92 Å². The zero-order chi connectivity index (χ0) is 15.8. The van der Waals surface area contributed by atoms with Gasteiger partial charge in [0.2, 0.25) is 0 Å². The largest absolute Gasteiger partial charge is 0.396 e. The van der Waals surface area contributed by atoms with Crippen LogP contribution in [0.2, 0.25) is 0 Å². The molecule has 1 unspecified atom stereocenters. The van der Waals surface area contributed by atoms with Gasteiger partial charge in [0.25, 0.3) is 11.6 Å². The van der Waals surface area contributed by atoms with Crippen molar-refractivity contribution in [2.24, 2.45) is 5.92 Å². The van der Waals surface area contributed by atoms with Crippen LogP contribution in [0.1, 0.15) is 36.5 Å². The molecule has 7 nitrogen and oxygen atoms in total. The van der Waals surface area contributed by atoms with E-state index in [1.54, 1.807) is 0 Å². The first kappa shape index (κ1) is 16.9. The summed E-state index contributed by atoms with van der Waals surface area (Å²) in [5.74, 6) is -0.176. The summed E-state index contributed by atoms with van der Waals surface area (Å²) in [5.41, 5.74) is 5.45. The zero-order valence-electron chi connectivity index (χ0n) is 12.0. The maximum atomic E-state index is 12.0. The fourth-order valence-electron chi connectivity index (χ4n) is 2.12. The second-order valence-electron chi connectivity index (χ2n) is 4.91. The molecule has 0 heterocycles. The van der Waals surface area contributed by atoms with Crippen LogP contribution >= 0.6 is 0 Å². The summed E-state index contributed by atoms with van der Waals surface area (Å²) in [5, 5.41) is 22.5. The van der Waals surface area contributed by atoms with E-state index in [1.165, 1.54) is 18.2 Å². The van der Waals surface area contributed by atoms with Crippen LogP contribution in [0.15, 0.2) is 18.2 Å². The normalized spacial score (nSPS) is 11.9. The van der Waals surface area contributed by atoms with E-state index in [1.807, 2.05) is 6.92 Å². The van der Waals surface area contributed by atoms with Crippen molar-refractivity contribution in [3.63, 3.8) is 0 Å². The number of benzene rings is 1. The highest BCUT2D eigenvalue weighted by Crippen LogP contribution is 2.22. The van der Waals surface area contributed by atoms with Gasteiger partial charge in [0, 0.05) is 24.8 Å². The van der Waals surface area contributed by atoms with Gasteiger partial charge in [-0.1, -0.05) is 13.3 Å². The van der Waals surface area contributed by atoms with Crippen LogP contribution in [0.3, 0.4) is 0 Å². The second-order valence-corrected chi connectivity index (χ2v) is 4.91. The second kappa shape index (κ2) is 8.21. The number of nitrogen functional groups attached to an aromatic ring is 1. The quantitative estimate of drug-likeness (QED) is 0.383. The highest BCUT2D eigenvalue weighted by atomic mass is 16.6. The first-order valence-corrected chi connectivity index (χ1v) is 6.92. The molecule has 4 N–H and O–H groups in total. The van der Waals surface area contributed by atoms with Crippen molar-refractivity contribution in [1.29, 1.82) is 0 Å². The van der Waals surface area contributed by atoms with E-state index in [0.29, 0.717) is 13.0 Å². The molecule has 0 aliphatic carbocycles. The Morgan fingerprint density at radius 1 is 1.48 bits per heavy atom. The van der Waals surface area contributed by atoms with Gasteiger partial charge in [0.05, 0.1) is 4.92 Å². The number of rotatable bonds is 8. The summed E-state index contributed by atoms with van der Waals surface area (Å²) in [6.07, 6.45) is 2.49. The maximum Gasteiger partial charge on any atom is 0.292 e. The molecule has 0 radical (unpaired) electrons. The molecule has 21 heavy (non-hydrogen) atoms. The number of anilines is 1. The van der Waals surface area contributed by atoms with Gasteiger partial charge in [-0.25, -0.2) is 0 Å². The Hall–Kier alpha value is -2.15. The number of carbonyl (C=O) groups is 1. The van der Waals surface area contributed by atoms with Crippen LogP contribution < -0.4 is 11.1 Å². The van der Waals surface area contributed by atoms with E-state index in [9.17, 15) is 14.9 Å². The van der Waals surface area contributed by atoms with Crippen LogP contribution in [0, 0.1) is 16.0 Å². The average Bonchev–Trinajstić information content (AvgIpc) is 2.45. The number of hydrogen-bond acceptors (Lipinski definition) is 5. The Morgan fingerprint density at radius 2 is 2.19 bits per heavy atom. The van der Waals surface area contributed by atoms with Crippen LogP contribution in [0.4, 0.5) is 11.4 Å². The van der Waals surface area contributed by atoms with Crippen molar-refractivity contribution in [3.05, 3.63) is 33.9 Å². The monoisotopic (exact) mass is 295 g/mol. The fourth-order valence-corrected chi connectivity index (χ4v) is 2.12. The van der Waals surface area contributed by atoms with Crippen molar-refractivity contribution < 1.29 is 14.8 Å². The number of nitrogens with two attached hydrogens (primary N) is 1. The fraction of sp³-hybridized carbons (Fsp3) is 0.500. The Kier molecular flexibility index (Phi) is 6.61. The van der Waals surface area contributed by atoms with Crippen LogP contribution in [-0.2, 0) is 0 Å². The minimum atomic E-state index is -0.613. The molecule has 116 valence electrons. The number of nitrogens with one attached hydrogen (secondary N) is 1. The molecule has 0 saturated carbocycles. The van der Waals surface area contributed by atoms with Gasteiger partial charge in [-0.3, -0.25) is 14.9 Å². The Labute approximate surface area is 123 Å². The topological polar surface area (TPSA) is 118 Å². The average molecular weight is 295 g/mol. The van der Waals surface area contributed by atoms with Crippen LogP contribution in [-0.4, -0.2) is 29.1 Å². The molecular formula is C14H21N3O4. The summed E-state index contributed by atoms with van der Waals surface area (Å²) in [6, 6.07) is 3.98. The molecule has 0 aromatic heterocycles. The molecule has 0 aliphatic heterocycles. The molecule has 1 rings (SSSR count). The van der Waals surface area contributed by atoms with E-state index in [-0.39, 0.29) is 35.4 Å². The highest BCUT2D eigenvalue weighted by Gasteiger charge is 2.16. The molecule has 7 heteroatoms. The minimum absolute atomic E-state index is 0.0284. The van der Waals surface area contributed by atoms with Crippen molar-refractivity contribution in [2.45, 2.75) is 26.2 Å². The number of amides is 1. The lowest BCUT2D eigenvalue weighted by atomic mass is 10.00. The van der Waals surface area contributed by atoms with Gasteiger partial charge in [-0.15, -0.1) is 0 Å². The molecule has 0 bridgehead atoms. The Morgan fingerprint density at radius 3 is 2.76 bits per heavy atom. The maximum absolute atomic E-state index is 12.0. The lowest BCUT2D eigenvalue weighted by Crippen LogP contribution is -2.29. The third kappa shape index (κ3) is 5.03. The summed E-state index contributed by atoms with van der Waals surface area (Å²) >= 11 is 0. The number of aliphatic hydroxyl groups is 1. The van der Waals surface area contributed by atoms with Crippen LogP contribution in [0.25, 0.3) is 0 Å². The van der Waals surface area contributed by atoms with Crippen molar-refractivity contribution in [2.75, 3.05) is 18.9 Å². The number of hydrogen-bond donors (Lipinski definition) is 3. The SMILES string of the molecule is CCCC(CCO)CNC(=O)c1ccc(N)c([N+](=O)[O-])c1. The third-order valence-electron chi connectivity index (χ3n) is 3.27. The molecule has 0 spiro atoms. The predicted molar refractivity (Wildman–Crippen MR) is 79.9 cm³/mol. The van der Waals surface area contributed by atoms with Crippen molar-refractivity contribution in [3.8, 4) is 0 Å². The van der Waals surface area contributed by atoms with E-state index in [4.69, 9.17) is 10.8 Å². The minimum Gasteiger partial charge on any atom is -0.396 e. The number of nitro benzene ring substituents is 1. The number of nitro groups is 1. The van der Waals surface area contributed by atoms with Crippen molar-refractivity contribution in [1.82, 2.24) is 5.32 Å². The number of aliphatic hydroxyl groups excluding tert-OH is 1. The van der Waals surface area contributed by atoms with E-state index in [0.717, 1.165) is 12.8 Å². The third-order valence-corrected chi connectivity index (χ3v) is 3.27. The highest BCUT2D eigenvalue weighted by molar-refractivity contribution is 5.95. The summed E-state index contributed by atoms with van der Waals surface area (Å²) in [7, 11) is 0. The Bertz CT molecular complexity index is 499. The van der Waals surface area contributed by atoms with Gasteiger partial charge >= 0.3 is 0 Å². The van der Waals surface area contributed by atoms with Gasteiger partial charge in [0.15, 0.2) is 0 Å². The first-order valence-electron chi connectivity index (χ1n) is 6.92. The molecule has 1 atom stereocenters. The van der Waals surface area contributed by atoms with E-state index >= 15 is 0 Å². The van der Waals surface area contributed by atoms with Crippen molar-refractivity contribution >= 4 is 17.3 Å². The summed E-state index contributed by atoms with van der Waals surface area (Å²) in [6.45, 7) is 2.55. The molecule has 0 fully saturated rings. The number of nitrogens with zero attached hydrogens (tertiary/aromatic N) is 1. The summed E-state index contributed by atoms with van der Waals surface area (Å²) < 4.78 is 0. The molecular weight excluding hydrogens is 274 g/mol. The lowest BCUT2D eigenvalue weighted by molar-refractivity contribution is -0.383. The van der Waals surface area contributed by atoms with Crippen LogP contribution in [0.5, 0.6) is 0 Å². The molecule has 1 amide bonds. The Balaban J connectivity index is 2.71. The first-order chi connectivity index (χ1) is 9.99. The molecule has 0 aliphatic rings. The summed E-state index contributed by atoms with van der Waals surface area (Å²) in [4.78, 5) is 22.2. The number of carbonyl (C=O) groups excluding carboxylic acids is 1. The zero-order valence-corrected chi connectivity index (χ0v) is 12.0. The van der Waals surface area contributed by atoms with Gasteiger partial charge in [0.1, 0.15) is 5.69 Å². The molecule has 0 saturated heterocycles. The standard InChI is InChI=1S/C14H21N3O4/c1-2-3-10(6-7-18)9-16-14(19)11-4-5-12(15)13(8-11)17(20)21/h4-5,8,10,18H,2-3,6-7,9,15H2,1H3,(H,16,19). The molecule has 1 aromatic rings. The van der Waals surface area contributed by atoms with Gasteiger partial charge < -0.3 is 16.2 Å². The smallest absolute Gasteiger partial charge is 0.292 e. The predicted octanol–water partition coefficient (Wildman–Crippen LogP) is 1.71. The van der Waals surface area contributed by atoms with Gasteiger partial charge in [-0.2, -0.15) is 0 Å². The van der Waals surface area contributed by atoms with Gasteiger partial charge in [-0.05, 0) is 30.9 Å². The molecule has 1 aromatic carbocycles. The van der Waals surface area contributed by atoms with E-state index in [2.05, 4.69) is 5.32 Å².